The average molecular weight is 524 g/mol. The van der Waals surface area contributed by atoms with E-state index in [1.54, 1.807) is 3.28 Å². The maximum atomic E-state index is 2.36. The van der Waals surface area contributed by atoms with Gasteiger partial charge in [-0.1, -0.05) is 43.0 Å². The Morgan fingerprint density at radius 1 is 1.07 bits per heavy atom. The van der Waals surface area contributed by atoms with Gasteiger partial charge >= 0.3 is 116 Å². The van der Waals surface area contributed by atoms with Crippen molar-refractivity contribution in [3.8, 4) is 0 Å². The molecule has 0 saturated carbocycles. The van der Waals surface area contributed by atoms with Gasteiger partial charge in [-0.3, -0.25) is 0 Å². The summed E-state index contributed by atoms with van der Waals surface area (Å²) in [6.45, 7) is 4.39. The quantitative estimate of drug-likeness (QED) is 0.570. The first-order chi connectivity index (χ1) is 12.7. The molecule has 1 aliphatic heterocycles. The van der Waals surface area contributed by atoms with Crippen LogP contribution in [-0.4, -0.2) is 0 Å². The fourth-order valence-electron chi connectivity index (χ4n) is 3.53. The number of hydrogen-bond donors (Lipinski definition) is 0. The Hall–Kier alpha value is -0.307. The smallest absolute Gasteiger partial charge is 1.00 e. The second-order valence-corrected chi connectivity index (χ2v) is 10.6. The number of fused-ring (bicyclic) bond motifs is 2. The zero-order valence-corrected chi connectivity index (χ0v) is 21.4. The van der Waals surface area contributed by atoms with Crippen molar-refractivity contribution in [2.75, 3.05) is 0 Å². The van der Waals surface area contributed by atoms with Crippen molar-refractivity contribution in [3.05, 3.63) is 94.7 Å². The molecule has 3 aliphatic rings. The summed E-state index contributed by atoms with van der Waals surface area (Å²) in [6, 6.07) is 13.3. The van der Waals surface area contributed by atoms with Crippen LogP contribution in [0.1, 0.15) is 40.1 Å². The molecule has 143 valence electrons. The summed E-state index contributed by atoms with van der Waals surface area (Å²) < 4.78 is 1.55. The van der Waals surface area contributed by atoms with Crippen LogP contribution in [0.15, 0.2) is 73.8 Å². The van der Waals surface area contributed by atoms with E-state index in [9.17, 15) is 0 Å². The molecular weight excluding hydrogens is 503 g/mol. The molecule has 5 heteroatoms. The molecule has 0 saturated heterocycles. The van der Waals surface area contributed by atoms with E-state index < -0.39 is 0 Å². The van der Waals surface area contributed by atoms with Gasteiger partial charge in [-0.05, 0) is 11.3 Å². The van der Waals surface area contributed by atoms with Gasteiger partial charge < -0.3 is 24.8 Å². The Morgan fingerprint density at radius 3 is 2.54 bits per heavy atom. The van der Waals surface area contributed by atoms with E-state index in [0.29, 0.717) is 11.8 Å². The number of benzene rings is 1. The second kappa shape index (κ2) is 10.6. The van der Waals surface area contributed by atoms with E-state index in [0.717, 1.165) is 0 Å². The van der Waals surface area contributed by atoms with Gasteiger partial charge in [-0.15, -0.1) is 0 Å². The van der Waals surface area contributed by atoms with Gasteiger partial charge in [0.15, 0.2) is 0 Å². The normalized spacial score (nSPS) is 20.6. The Morgan fingerprint density at radius 2 is 1.86 bits per heavy atom. The summed E-state index contributed by atoms with van der Waals surface area (Å²) in [6.07, 6.45) is 12.5. The molecule has 0 N–H and O–H groups in total. The Kier molecular flexibility index (Phi) is 9.11. The zero-order valence-electron chi connectivity index (χ0n) is 15.8. The van der Waals surface area contributed by atoms with E-state index in [4.69, 9.17) is 0 Å². The van der Waals surface area contributed by atoms with Gasteiger partial charge in [0.1, 0.15) is 0 Å². The van der Waals surface area contributed by atoms with Gasteiger partial charge in [0.25, 0.3) is 0 Å². The van der Waals surface area contributed by atoms with Crippen molar-refractivity contribution in [3.63, 3.8) is 0 Å². The second-order valence-electron chi connectivity index (χ2n) is 6.68. The zero-order chi connectivity index (χ0) is 18.1. The van der Waals surface area contributed by atoms with E-state index in [2.05, 4.69) is 80.6 Å². The van der Waals surface area contributed by atoms with Gasteiger partial charge in [0.05, 0.1) is 0 Å². The number of thiophene rings is 1. The summed E-state index contributed by atoms with van der Waals surface area (Å²) in [5.74, 6) is 1.17. The molecule has 0 spiro atoms. The molecular formula is C23H21Cl2S2Zr. The fourth-order valence-corrected chi connectivity index (χ4v) is 7.04. The average Bonchev–Trinajstić information content (AvgIpc) is 3.37. The number of thioether (sulfide) groups is 1. The van der Waals surface area contributed by atoms with E-state index >= 15 is 0 Å². The SMILES string of the molecule is CCC1=CC2C=CC=C2S1.Cc1ccc(C2[C]([Zr+2])=Cc3ccccc32)s1.[Cl-].[Cl-]. The molecule has 2 heterocycles. The molecule has 2 atom stereocenters. The summed E-state index contributed by atoms with van der Waals surface area (Å²) in [5, 5.41) is 0. The fraction of sp³-hybridized carbons (Fsp3) is 0.217. The van der Waals surface area contributed by atoms with Crippen LogP contribution in [0.4, 0.5) is 0 Å². The largest absolute Gasteiger partial charge is 1.00 e. The van der Waals surface area contributed by atoms with Crippen molar-refractivity contribution in [2.45, 2.75) is 26.2 Å². The van der Waals surface area contributed by atoms with Gasteiger partial charge in [-0.2, -0.15) is 0 Å². The molecule has 2 unspecified atom stereocenters. The third kappa shape index (κ3) is 5.05. The number of hydrogen-bond acceptors (Lipinski definition) is 2. The van der Waals surface area contributed by atoms with Crippen LogP contribution < -0.4 is 24.8 Å². The maximum absolute atomic E-state index is 2.36. The first kappa shape index (κ1) is 24.0. The maximum Gasteiger partial charge on any atom is -1.00 e. The van der Waals surface area contributed by atoms with E-state index in [-0.39, 0.29) is 24.8 Å². The first-order valence-corrected chi connectivity index (χ1v) is 11.9. The first-order valence-electron chi connectivity index (χ1n) is 9.01. The van der Waals surface area contributed by atoms with Gasteiger partial charge in [0, 0.05) is 10.8 Å². The van der Waals surface area contributed by atoms with Crippen LogP contribution in [0, 0.1) is 12.8 Å². The van der Waals surface area contributed by atoms with Crippen LogP contribution in [0.25, 0.3) is 6.08 Å². The third-order valence-corrected chi connectivity index (χ3v) is 8.31. The van der Waals surface area contributed by atoms with Crippen LogP contribution in [0.2, 0.25) is 0 Å². The third-order valence-electron chi connectivity index (χ3n) is 4.85. The minimum absolute atomic E-state index is 0. The standard InChI is InChI=1S/C14H11S.C9H10S.2ClH.Zr/c1-10-6-9-14(15-10)13-8-7-11-4-2-3-5-12(11)13;1-2-8-6-7-4-3-5-9(7)10-8;;;/h2-7,9,13H,1H3;3-7H,2H2,1H3;2*1H;/q;;;;+2/p-2. The van der Waals surface area contributed by atoms with Crippen molar-refractivity contribution >= 4 is 29.2 Å². The minimum Gasteiger partial charge on any atom is -1.00 e. The molecule has 2 aliphatic carbocycles. The molecule has 1 aromatic heterocycles. The molecule has 5 rings (SSSR count). The summed E-state index contributed by atoms with van der Waals surface area (Å²) >= 11 is 5.40. The number of rotatable bonds is 2. The molecule has 0 amide bonds. The molecule has 0 nitrogen and oxygen atoms in total. The Balaban J connectivity index is 0.000000204. The predicted octanol–water partition coefficient (Wildman–Crippen LogP) is 1.19. The van der Waals surface area contributed by atoms with Crippen molar-refractivity contribution < 1.29 is 49.5 Å². The topological polar surface area (TPSA) is 0 Å². The van der Waals surface area contributed by atoms with Crippen LogP contribution in [-0.2, 0) is 24.7 Å². The van der Waals surface area contributed by atoms with Crippen molar-refractivity contribution in [1.29, 1.82) is 0 Å². The van der Waals surface area contributed by atoms with Crippen molar-refractivity contribution in [2.24, 2.45) is 5.92 Å². The van der Waals surface area contributed by atoms with Gasteiger partial charge in [0.2, 0.25) is 0 Å². The molecule has 2 aromatic rings. The van der Waals surface area contributed by atoms with E-state index in [1.165, 1.54) is 61.8 Å². The predicted molar refractivity (Wildman–Crippen MR) is 112 cm³/mol. The number of halogens is 2. The summed E-state index contributed by atoms with van der Waals surface area (Å²) in [4.78, 5) is 5.94. The molecule has 0 radical (unpaired) electrons. The monoisotopic (exact) mass is 521 g/mol. The molecule has 0 fully saturated rings. The van der Waals surface area contributed by atoms with Crippen molar-refractivity contribution in [1.82, 2.24) is 0 Å². The number of allylic oxidation sites excluding steroid dienone is 7. The van der Waals surface area contributed by atoms with Crippen LogP contribution >= 0.6 is 23.1 Å². The number of aryl methyl sites for hydroxylation is 1. The summed E-state index contributed by atoms with van der Waals surface area (Å²) in [7, 11) is 0. The molecule has 1 aromatic carbocycles. The van der Waals surface area contributed by atoms with Gasteiger partial charge in [-0.25, -0.2) is 0 Å². The van der Waals surface area contributed by atoms with Crippen LogP contribution in [0.3, 0.4) is 0 Å². The Labute approximate surface area is 204 Å². The molecule has 28 heavy (non-hydrogen) atoms. The molecule has 0 bridgehead atoms. The Bertz CT molecular complexity index is 953. The summed E-state index contributed by atoms with van der Waals surface area (Å²) in [5.41, 5.74) is 2.89. The minimum atomic E-state index is 0. The van der Waals surface area contributed by atoms with Crippen LogP contribution in [0.5, 0.6) is 0 Å². The van der Waals surface area contributed by atoms with E-state index in [1.807, 2.05) is 23.1 Å².